The van der Waals surface area contributed by atoms with E-state index in [9.17, 15) is 24.6 Å². The van der Waals surface area contributed by atoms with Crippen LogP contribution in [0.3, 0.4) is 0 Å². The molecule has 2 amide bonds. The fraction of sp³-hybridized carbons (Fsp3) is 0.444. The predicted octanol–water partition coefficient (Wildman–Crippen LogP) is 2.89. The molecule has 6 unspecified atom stereocenters. The third-order valence-electron chi connectivity index (χ3n) is 7.89. The molecule has 0 spiro atoms. The van der Waals surface area contributed by atoms with Crippen molar-refractivity contribution < 1.29 is 29.3 Å². The third kappa shape index (κ3) is 4.27. The van der Waals surface area contributed by atoms with Crippen LogP contribution in [0.4, 0.5) is 4.79 Å². The van der Waals surface area contributed by atoms with E-state index < -0.39 is 42.1 Å². The second-order valence-electron chi connectivity index (χ2n) is 9.92. The zero-order valence-electron chi connectivity index (χ0n) is 19.5. The van der Waals surface area contributed by atoms with E-state index in [1.807, 2.05) is 24.3 Å². The highest BCUT2D eigenvalue weighted by molar-refractivity contribution is 5.87. The standard InChI is InChI=1S/C27H30N2O6/c1-14(30)23(26(32)33)28-25(31)22-15-10-11-16(12-15)24(22)29-27(34)35-13-21-19-8-4-2-6-17(19)18-7-3-5-9-20(18)21/h2-9,14-16,21-24,30H,10-13H2,1H3,(H,28,31)(H,29,34)(H,32,33). The molecule has 8 heteroatoms. The van der Waals surface area contributed by atoms with Crippen LogP contribution in [-0.2, 0) is 14.3 Å². The molecule has 0 aliphatic heterocycles. The topological polar surface area (TPSA) is 125 Å². The van der Waals surface area contributed by atoms with Gasteiger partial charge < -0.3 is 25.6 Å². The Morgan fingerprint density at radius 1 is 1.00 bits per heavy atom. The van der Waals surface area contributed by atoms with Crippen LogP contribution in [0.5, 0.6) is 0 Å². The number of aliphatic hydroxyl groups is 1. The number of rotatable bonds is 7. The molecule has 2 fully saturated rings. The van der Waals surface area contributed by atoms with Crippen LogP contribution in [0.1, 0.15) is 43.2 Å². The summed E-state index contributed by atoms with van der Waals surface area (Å²) in [5.74, 6) is -2.13. The lowest BCUT2D eigenvalue weighted by Crippen LogP contribution is -2.55. The molecule has 3 aliphatic carbocycles. The zero-order valence-corrected chi connectivity index (χ0v) is 19.5. The van der Waals surface area contributed by atoms with Gasteiger partial charge in [0.05, 0.1) is 12.0 Å². The monoisotopic (exact) mass is 478 g/mol. The van der Waals surface area contributed by atoms with Gasteiger partial charge in [-0.25, -0.2) is 9.59 Å². The smallest absolute Gasteiger partial charge is 0.407 e. The molecular weight excluding hydrogens is 448 g/mol. The van der Waals surface area contributed by atoms with Crippen molar-refractivity contribution in [3.8, 4) is 11.1 Å². The Morgan fingerprint density at radius 2 is 1.60 bits per heavy atom. The molecule has 8 nitrogen and oxygen atoms in total. The number of alkyl carbamates (subject to hydrolysis) is 1. The molecule has 3 aliphatic rings. The number of aliphatic carboxylic acids is 1. The van der Waals surface area contributed by atoms with Crippen LogP contribution in [0.2, 0.25) is 0 Å². The number of carbonyl (C=O) groups excluding carboxylic acids is 2. The first-order valence-electron chi connectivity index (χ1n) is 12.2. The second kappa shape index (κ2) is 9.34. The molecule has 0 heterocycles. The number of nitrogens with one attached hydrogen (secondary N) is 2. The number of amides is 2. The maximum atomic E-state index is 13.0. The van der Waals surface area contributed by atoms with E-state index in [1.54, 1.807) is 0 Å². The van der Waals surface area contributed by atoms with Gasteiger partial charge in [0.25, 0.3) is 0 Å². The van der Waals surface area contributed by atoms with Crippen molar-refractivity contribution in [3.05, 3.63) is 59.7 Å². The first-order valence-corrected chi connectivity index (χ1v) is 12.2. The van der Waals surface area contributed by atoms with Crippen LogP contribution in [0.15, 0.2) is 48.5 Å². The number of ether oxygens (including phenoxy) is 1. The Balaban J connectivity index is 1.26. The van der Waals surface area contributed by atoms with Gasteiger partial charge in [0.2, 0.25) is 5.91 Å². The first-order chi connectivity index (χ1) is 16.8. The summed E-state index contributed by atoms with van der Waals surface area (Å²) >= 11 is 0. The zero-order chi connectivity index (χ0) is 24.7. The number of fused-ring (bicyclic) bond motifs is 5. The van der Waals surface area contributed by atoms with E-state index in [2.05, 4.69) is 34.9 Å². The van der Waals surface area contributed by atoms with Crippen molar-refractivity contribution in [1.82, 2.24) is 10.6 Å². The summed E-state index contributed by atoms with van der Waals surface area (Å²) in [6.07, 6.45) is 0.759. The minimum atomic E-state index is -1.39. The van der Waals surface area contributed by atoms with Gasteiger partial charge in [-0.05, 0) is 60.3 Å². The van der Waals surface area contributed by atoms with Gasteiger partial charge in [-0.1, -0.05) is 48.5 Å². The van der Waals surface area contributed by atoms with E-state index in [0.29, 0.717) is 0 Å². The summed E-state index contributed by atoms with van der Waals surface area (Å²) in [4.78, 5) is 37.3. The lowest BCUT2D eigenvalue weighted by molar-refractivity contribution is -0.146. The molecule has 2 bridgehead atoms. The van der Waals surface area contributed by atoms with Gasteiger partial charge in [-0.2, -0.15) is 0 Å². The maximum absolute atomic E-state index is 13.0. The lowest BCUT2D eigenvalue weighted by atomic mass is 9.83. The highest BCUT2D eigenvalue weighted by Gasteiger charge is 2.52. The number of carbonyl (C=O) groups is 3. The normalized spacial score (nSPS) is 25.9. The minimum Gasteiger partial charge on any atom is -0.480 e. The summed E-state index contributed by atoms with van der Waals surface area (Å²) in [5.41, 5.74) is 4.54. The maximum Gasteiger partial charge on any atom is 0.407 e. The van der Waals surface area contributed by atoms with Crippen molar-refractivity contribution >= 4 is 18.0 Å². The van der Waals surface area contributed by atoms with Gasteiger partial charge in [-0.15, -0.1) is 0 Å². The van der Waals surface area contributed by atoms with E-state index >= 15 is 0 Å². The Morgan fingerprint density at radius 3 is 2.20 bits per heavy atom. The molecule has 0 saturated heterocycles. The first kappa shape index (κ1) is 23.4. The summed E-state index contributed by atoms with van der Waals surface area (Å²) in [6, 6.07) is 14.4. The molecule has 0 aromatic heterocycles. The van der Waals surface area contributed by atoms with Gasteiger partial charge in [-0.3, -0.25) is 4.79 Å². The van der Waals surface area contributed by atoms with Gasteiger partial charge in [0.1, 0.15) is 6.61 Å². The average Bonchev–Trinajstić information content (AvgIpc) is 3.53. The SMILES string of the molecule is CC(O)C(NC(=O)C1C2CCC(C2)C1NC(=O)OCC1c2ccccc2-c2ccccc21)C(=O)O. The van der Waals surface area contributed by atoms with Gasteiger partial charge in [0.15, 0.2) is 6.04 Å². The number of benzene rings is 2. The van der Waals surface area contributed by atoms with Crippen LogP contribution in [0, 0.1) is 17.8 Å². The number of hydrogen-bond donors (Lipinski definition) is 4. The molecule has 2 saturated carbocycles. The van der Waals surface area contributed by atoms with Crippen LogP contribution in [0.25, 0.3) is 11.1 Å². The summed E-state index contributed by atoms with van der Waals surface area (Å²) < 4.78 is 5.68. The fourth-order valence-electron chi connectivity index (χ4n) is 6.29. The van der Waals surface area contributed by atoms with Gasteiger partial charge >= 0.3 is 12.1 Å². The Labute approximate surface area is 203 Å². The molecular formula is C27H30N2O6. The number of carboxylic acid groups (broad SMARTS) is 1. The van der Waals surface area contributed by atoms with Crippen molar-refractivity contribution in [2.75, 3.05) is 6.61 Å². The molecule has 184 valence electrons. The van der Waals surface area contributed by atoms with Crippen LogP contribution >= 0.6 is 0 Å². The molecule has 2 aromatic carbocycles. The Bertz CT molecular complexity index is 1100. The number of hydrogen-bond acceptors (Lipinski definition) is 5. The number of aliphatic hydroxyl groups excluding tert-OH is 1. The molecule has 35 heavy (non-hydrogen) atoms. The summed E-state index contributed by atoms with van der Waals surface area (Å²) in [7, 11) is 0. The van der Waals surface area contributed by atoms with Crippen molar-refractivity contribution in [1.29, 1.82) is 0 Å². The van der Waals surface area contributed by atoms with Crippen molar-refractivity contribution in [2.45, 2.75) is 50.3 Å². The highest BCUT2D eigenvalue weighted by Crippen LogP contribution is 2.49. The molecule has 5 rings (SSSR count). The van der Waals surface area contributed by atoms with Crippen molar-refractivity contribution in [2.24, 2.45) is 17.8 Å². The van der Waals surface area contributed by atoms with Crippen molar-refractivity contribution in [3.63, 3.8) is 0 Å². The third-order valence-corrected chi connectivity index (χ3v) is 7.89. The fourth-order valence-corrected chi connectivity index (χ4v) is 6.29. The van der Waals surface area contributed by atoms with Crippen LogP contribution < -0.4 is 10.6 Å². The molecule has 4 N–H and O–H groups in total. The molecule has 2 aromatic rings. The Kier molecular flexibility index (Phi) is 6.23. The average molecular weight is 479 g/mol. The van der Waals surface area contributed by atoms with E-state index in [0.717, 1.165) is 41.5 Å². The minimum absolute atomic E-state index is 0.0605. The van der Waals surface area contributed by atoms with E-state index in [4.69, 9.17) is 4.74 Å². The Hall–Kier alpha value is -3.39. The largest absolute Gasteiger partial charge is 0.480 e. The summed E-state index contributed by atoms with van der Waals surface area (Å²) in [5, 5.41) is 24.4. The lowest BCUT2D eigenvalue weighted by Gasteiger charge is -2.31. The second-order valence-corrected chi connectivity index (χ2v) is 9.92. The molecule has 6 atom stereocenters. The molecule has 0 radical (unpaired) electrons. The predicted molar refractivity (Wildman–Crippen MR) is 128 cm³/mol. The van der Waals surface area contributed by atoms with Gasteiger partial charge in [0, 0.05) is 12.0 Å². The quantitative estimate of drug-likeness (QED) is 0.485. The summed E-state index contributed by atoms with van der Waals surface area (Å²) in [6.45, 7) is 1.51. The van der Waals surface area contributed by atoms with Crippen LogP contribution in [-0.4, -0.2) is 53.0 Å². The van der Waals surface area contributed by atoms with E-state index in [-0.39, 0.29) is 24.4 Å². The number of carboxylic acids is 1. The highest BCUT2D eigenvalue weighted by atomic mass is 16.5. The van der Waals surface area contributed by atoms with E-state index in [1.165, 1.54) is 6.92 Å².